The smallest absolute Gasteiger partial charge is 0.133 e. The van der Waals surface area contributed by atoms with Crippen LogP contribution in [0.5, 0.6) is 0 Å². The molecule has 4 heteroatoms. The summed E-state index contributed by atoms with van der Waals surface area (Å²) in [6.45, 7) is 3.26. The fourth-order valence-electron chi connectivity index (χ4n) is 2.32. The van der Waals surface area contributed by atoms with Crippen molar-refractivity contribution in [1.82, 2.24) is 4.98 Å². The number of pyridine rings is 1. The van der Waals surface area contributed by atoms with E-state index in [1.807, 2.05) is 6.07 Å². The summed E-state index contributed by atoms with van der Waals surface area (Å²) in [7, 11) is 0. The summed E-state index contributed by atoms with van der Waals surface area (Å²) in [6.07, 6.45) is 5.25. The molecule has 0 saturated heterocycles. The summed E-state index contributed by atoms with van der Waals surface area (Å²) < 4.78 is 0. The van der Waals surface area contributed by atoms with Crippen molar-refractivity contribution in [2.45, 2.75) is 32.6 Å². The van der Waals surface area contributed by atoms with Crippen LogP contribution >= 0.6 is 11.6 Å². The molecule has 0 radical (unpaired) electrons. The minimum Gasteiger partial charge on any atom is -0.399 e. The number of nitrogens with zero attached hydrogens (tertiary/aromatic N) is 1. The van der Waals surface area contributed by atoms with Crippen LogP contribution in [0.3, 0.4) is 0 Å². The molecule has 2 rings (SSSR count). The van der Waals surface area contributed by atoms with Crippen molar-refractivity contribution in [2.75, 3.05) is 17.6 Å². The third-order valence-corrected chi connectivity index (χ3v) is 3.52. The Morgan fingerprint density at radius 3 is 2.75 bits per heavy atom. The van der Waals surface area contributed by atoms with E-state index in [0.29, 0.717) is 16.3 Å². The summed E-state index contributed by atoms with van der Waals surface area (Å²) in [5.74, 6) is 0.776. The first kappa shape index (κ1) is 11.5. The van der Waals surface area contributed by atoms with E-state index in [0.717, 1.165) is 12.4 Å². The normalized spacial score (nSPS) is 18.6. The van der Waals surface area contributed by atoms with E-state index >= 15 is 0 Å². The number of nitrogens with one attached hydrogen (secondary N) is 1. The van der Waals surface area contributed by atoms with E-state index in [9.17, 15) is 0 Å². The van der Waals surface area contributed by atoms with Crippen molar-refractivity contribution in [3.8, 4) is 0 Å². The molecule has 1 fully saturated rings. The average Bonchev–Trinajstić information content (AvgIpc) is 2.62. The van der Waals surface area contributed by atoms with Gasteiger partial charge in [0.05, 0.1) is 0 Å². The molecule has 3 nitrogen and oxygen atoms in total. The van der Waals surface area contributed by atoms with E-state index < -0.39 is 0 Å². The van der Waals surface area contributed by atoms with Crippen LogP contribution in [-0.2, 0) is 0 Å². The number of hydrogen-bond donors (Lipinski definition) is 2. The highest BCUT2D eigenvalue weighted by atomic mass is 35.5. The summed E-state index contributed by atoms with van der Waals surface area (Å²) in [5.41, 5.74) is 6.77. The van der Waals surface area contributed by atoms with Gasteiger partial charge in [0, 0.05) is 18.3 Å². The topological polar surface area (TPSA) is 50.9 Å². The molecule has 0 aliphatic heterocycles. The van der Waals surface area contributed by atoms with Crippen LogP contribution in [0, 0.1) is 5.41 Å². The molecular weight excluding hydrogens is 222 g/mol. The highest BCUT2D eigenvalue weighted by molar-refractivity contribution is 6.29. The molecular formula is C12H18ClN3. The van der Waals surface area contributed by atoms with E-state index in [-0.39, 0.29) is 0 Å². The van der Waals surface area contributed by atoms with Gasteiger partial charge in [-0.25, -0.2) is 4.98 Å². The third-order valence-electron chi connectivity index (χ3n) is 3.32. The van der Waals surface area contributed by atoms with Crippen LogP contribution in [0.25, 0.3) is 0 Å². The number of hydrogen-bond acceptors (Lipinski definition) is 3. The minimum atomic E-state index is 0.402. The number of nitrogens with two attached hydrogens (primary N) is 1. The SMILES string of the molecule is CC1(CNc2cc(N)cc(Cl)n2)CCCC1. The minimum absolute atomic E-state index is 0.402. The molecule has 1 aromatic heterocycles. The Balaban J connectivity index is 1.98. The van der Waals surface area contributed by atoms with Crippen molar-refractivity contribution >= 4 is 23.1 Å². The first-order chi connectivity index (χ1) is 7.57. The van der Waals surface area contributed by atoms with Gasteiger partial charge in [-0.15, -0.1) is 0 Å². The lowest BCUT2D eigenvalue weighted by Crippen LogP contribution is -2.23. The Bertz CT molecular complexity index is 352. The Labute approximate surface area is 101 Å². The van der Waals surface area contributed by atoms with Crippen molar-refractivity contribution in [2.24, 2.45) is 5.41 Å². The van der Waals surface area contributed by atoms with Gasteiger partial charge in [0.15, 0.2) is 0 Å². The van der Waals surface area contributed by atoms with Gasteiger partial charge in [0.2, 0.25) is 0 Å². The van der Waals surface area contributed by atoms with Crippen LogP contribution in [0.15, 0.2) is 12.1 Å². The number of aromatic nitrogens is 1. The van der Waals surface area contributed by atoms with Crippen LogP contribution in [0.4, 0.5) is 11.5 Å². The van der Waals surface area contributed by atoms with Gasteiger partial charge < -0.3 is 11.1 Å². The standard InChI is InChI=1S/C12H18ClN3/c1-12(4-2-3-5-12)8-15-11-7-9(14)6-10(13)16-11/h6-7H,2-5,8H2,1H3,(H3,14,15,16). The Morgan fingerprint density at radius 2 is 2.12 bits per heavy atom. The summed E-state index contributed by atoms with van der Waals surface area (Å²) >= 11 is 5.85. The van der Waals surface area contributed by atoms with Gasteiger partial charge >= 0.3 is 0 Å². The third kappa shape index (κ3) is 2.79. The molecule has 0 spiro atoms. The van der Waals surface area contributed by atoms with Crippen LogP contribution in [-0.4, -0.2) is 11.5 Å². The lowest BCUT2D eigenvalue weighted by molar-refractivity contribution is 0.361. The lowest BCUT2D eigenvalue weighted by atomic mass is 9.89. The predicted octanol–water partition coefficient (Wildman–Crippen LogP) is 3.31. The molecule has 1 heterocycles. The highest BCUT2D eigenvalue weighted by Crippen LogP contribution is 2.37. The molecule has 0 atom stereocenters. The second kappa shape index (κ2) is 4.50. The Morgan fingerprint density at radius 1 is 1.44 bits per heavy atom. The monoisotopic (exact) mass is 239 g/mol. The summed E-state index contributed by atoms with van der Waals surface area (Å²) in [6, 6.07) is 3.48. The number of rotatable bonds is 3. The van der Waals surface area contributed by atoms with E-state index in [1.165, 1.54) is 25.7 Å². The van der Waals surface area contributed by atoms with Crippen molar-refractivity contribution < 1.29 is 0 Å². The van der Waals surface area contributed by atoms with Gasteiger partial charge in [-0.05, 0) is 24.3 Å². The molecule has 16 heavy (non-hydrogen) atoms. The maximum absolute atomic E-state index is 5.85. The maximum Gasteiger partial charge on any atom is 0.133 e. The first-order valence-electron chi connectivity index (χ1n) is 5.74. The maximum atomic E-state index is 5.85. The molecule has 0 amide bonds. The fraction of sp³-hybridized carbons (Fsp3) is 0.583. The van der Waals surface area contributed by atoms with Crippen LogP contribution < -0.4 is 11.1 Å². The molecule has 0 unspecified atom stereocenters. The summed E-state index contributed by atoms with van der Waals surface area (Å²) in [4.78, 5) is 4.20. The lowest BCUT2D eigenvalue weighted by Gasteiger charge is -2.24. The molecule has 1 saturated carbocycles. The van der Waals surface area contributed by atoms with E-state index in [1.54, 1.807) is 6.07 Å². The quantitative estimate of drug-likeness (QED) is 0.796. The second-order valence-electron chi connectivity index (χ2n) is 4.98. The first-order valence-corrected chi connectivity index (χ1v) is 6.12. The fourth-order valence-corrected chi connectivity index (χ4v) is 2.53. The highest BCUT2D eigenvalue weighted by Gasteiger charge is 2.28. The van der Waals surface area contributed by atoms with Gasteiger partial charge in [0.25, 0.3) is 0 Å². The Kier molecular flexibility index (Phi) is 3.24. The van der Waals surface area contributed by atoms with Gasteiger partial charge in [-0.3, -0.25) is 0 Å². The number of nitrogen functional groups attached to an aromatic ring is 1. The van der Waals surface area contributed by atoms with Crippen molar-refractivity contribution in [1.29, 1.82) is 0 Å². The Hall–Kier alpha value is -0.960. The molecule has 1 aliphatic rings. The van der Waals surface area contributed by atoms with Gasteiger partial charge in [-0.2, -0.15) is 0 Å². The zero-order valence-corrected chi connectivity index (χ0v) is 10.3. The van der Waals surface area contributed by atoms with E-state index in [2.05, 4.69) is 17.2 Å². The molecule has 0 bridgehead atoms. The molecule has 1 aromatic rings. The molecule has 0 aromatic carbocycles. The molecule has 3 N–H and O–H groups in total. The predicted molar refractivity (Wildman–Crippen MR) is 68.7 cm³/mol. The number of halogens is 1. The molecule has 1 aliphatic carbocycles. The van der Waals surface area contributed by atoms with Gasteiger partial charge in [0.1, 0.15) is 11.0 Å². The van der Waals surface area contributed by atoms with Crippen LogP contribution in [0.1, 0.15) is 32.6 Å². The second-order valence-corrected chi connectivity index (χ2v) is 5.37. The van der Waals surface area contributed by atoms with Crippen molar-refractivity contribution in [3.05, 3.63) is 17.3 Å². The zero-order chi connectivity index (χ0) is 11.6. The van der Waals surface area contributed by atoms with Crippen LogP contribution in [0.2, 0.25) is 5.15 Å². The van der Waals surface area contributed by atoms with E-state index in [4.69, 9.17) is 17.3 Å². The average molecular weight is 240 g/mol. The summed E-state index contributed by atoms with van der Waals surface area (Å²) in [5, 5.41) is 3.78. The number of anilines is 2. The molecule has 88 valence electrons. The zero-order valence-electron chi connectivity index (χ0n) is 9.59. The van der Waals surface area contributed by atoms with Gasteiger partial charge in [-0.1, -0.05) is 31.4 Å². The largest absolute Gasteiger partial charge is 0.399 e. The van der Waals surface area contributed by atoms with Crippen molar-refractivity contribution in [3.63, 3.8) is 0 Å².